The molecule has 5 nitrogen and oxygen atoms in total. The van der Waals surface area contributed by atoms with Gasteiger partial charge in [-0.2, -0.15) is 0 Å². The predicted molar refractivity (Wildman–Crippen MR) is 95.9 cm³/mol. The molecule has 2 aromatic rings. The van der Waals surface area contributed by atoms with Crippen LogP contribution in [0.15, 0.2) is 48.5 Å². The number of hydrogen-bond donors (Lipinski definition) is 1. The first-order valence-electron chi connectivity index (χ1n) is 7.91. The summed E-state index contributed by atoms with van der Waals surface area (Å²) in [7, 11) is 0. The van der Waals surface area contributed by atoms with Crippen molar-refractivity contribution in [1.82, 2.24) is 5.32 Å². The Balaban J connectivity index is 1.59. The quantitative estimate of drug-likeness (QED) is 0.786. The van der Waals surface area contributed by atoms with E-state index in [1.165, 1.54) is 24.3 Å². The van der Waals surface area contributed by atoms with E-state index in [1.807, 2.05) is 0 Å². The zero-order valence-corrected chi connectivity index (χ0v) is 14.8. The molecule has 0 saturated carbocycles. The van der Waals surface area contributed by atoms with Gasteiger partial charge in [-0.05, 0) is 54.9 Å². The van der Waals surface area contributed by atoms with E-state index in [0.29, 0.717) is 12.2 Å². The summed E-state index contributed by atoms with van der Waals surface area (Å²) in [6.45, 7) is 1.52. The van der Waals surface area contributed by atoms with Crippen molar-refractivity contribution in [2.45, 2.75) is 18.1 Å². The van der Waals surface area contributed by atoms with Crippen molar-refractivity contribution in [3.05, 3.63) is 65.5 Å². The maximum Gasteiger partial charge on any atom is 0.286 e. The number of nitrogens with one attached hydrogen (secondary N) is 1. The first-order chi connectivity index (χ1) is 12.4. The fraction of sp³-hybridized carbons (Fsp3) is 0.211. The minimum atomic E-state index is -0.827. The lowest BCUT2D eigenvalue weighted by atomic mass is 9.99. The molecule has 1 N–H and O–H groups in total. The number of carbonyl (C=O) groups excluding carboxylic acids is 3. The van der Waals surface area contributed by atoms with E-state index in [0.717, 1.165) is 17.3 Å². The molecule has 2 aromatic carbocycles. The van der Waals surface area contributed by atoms with Crippen molar-refractivity contribution in [3.63, 3.8) is 0 Å². The van der Waals surface area contributed by atoms with Gasteiger partial charge in [-0.15, -0.1) is 0 Å². The molecule has 1 unspecified atom stereocenters. The average molecular weight is 373 g/mol. The van der Waals surface area contributed by atoms with Crippen LogP contribution in [0.4, 0.5) is 9.18 Å². The summed E-state index contributed by atoms with van der Waals surface area (Å²) in [6.07, 6.45) is 0.401. The molecule has 0 spiro atoms. The van der Waals surface area contributed by atoms with Crippen LogP contribution in [0.5, 0.6) is 5.75 Å². The minimum Gasteiger partial charge on any atom is -0.485 e. The third kappa shape index (κ3) is 4.11. The number of hydrogen-bond acceptors (Lipinski definition) is 5. The van der Waals surface area contributed by atoms with Crippen molar-refractivity contribution in [1.29, 1.82) is 0 Å². The summed E-state index contributed by atoms with van der Waals surface area (Å²) >= 11 is 0.982. The maximum absolute atomic E-state index is 13.1. The highest BCUT2D eigenvalue weighted by atomic mass is 32.2. The Morgan fingerprint density at radius 1 is 1.19 bits per heavy atom. The van der Waals surface area contributed by atoms with E-state index in [2.05, 4.69) is 5.32 Å². The van der Waals surface area contributed by atoms with E-state index in [-0.39, 0.29) is 29.1 Å². The SMILES string of the molecule is CC1(Cc2ccc(OCC(=O)c3cccc(F)c3)cc2)SC(=O)NC1=O. The third-order valence-corrected chi connectivity index (χ3v) is 5.06. The van der Waals surface area contributed by atoms with Gasteiger partial charge in [0.05, 0.1) is 0 Å². The molecule has 1 saturated heterocycles. The molecule has 1 fully saturated rings. The fourth-order valence-electron chi connectivity index (χ4n) is 2.60. The minimum absolute atomic E-state index is 0.201. The highest BCUT2D eigenvalue weighted by molar-refractivity contribution is 8.16. The number of Topliss-reactive ketones (excluding diaryl/α,β-unsaturated/α-hetero) is 1. The van der Waals surface area contributed by atoms with E-state index in [4.69, 9.17) is 4.74 Å². The number of thioether (sulfide) groups is 1. The number of ketones is 1. The van der Waals surface area contributed by atoms with Gasteiger partial charge in [0.25, 0.3) is 5.24 Å². The van der Waals surface area contributed by atoms with Gasteiger partial charge < -0.3 is 4.74 Å². The number of rotatable bonds is 6. The Bertz CT molecular complexity index is 868. The molecule has 2 amide bonds. The smallest absolute Gasteiger partial charge is 0.286 e. The van der Waals surface area contributed by atoms with Crippen LogP contribution < -0.4 is 10.1 Å². The highest BCUT2D eigenvalue weighted by Crippen LogP contribution is 2.34. The van der Waals surface area contributed by atoms with Crippen LogP contribution in [0.3, 0.4) is 0 Å². The zero-order valence-electron chi connectivity index (χ0n) is 14.0. The normalized spacial score (nSPS) is 19.3. The molecular weight excluding hydrogens is 357 g/mol. The first-order valence-corrected chi connectivity index (χ1v) is 8.72. The van der Waals surface area contributed by atoms with E-state index in [9.17, 15) is 18.8 Å². The standard InChI is InChI=1S/C19H16FNO4S/c1-19(17(23)21-18(24)26-19)10-12-5-7-15(8-6-12)25-11-16(22)13-3-2-4-14(20)9-13/h2-9H,10-11H2,1H3,(H,21,23,24). The monoisotopic (exact) mass is 373 g/mol. The van der Waals surface area contributed by atoms with Gasteiger partial charge in [0.1, 0.15) is 16.3 Å². The highest BCUT2D eigenvalue weighted by Gasteiger charge is 2.43. The Morgan fingerprint density at radius 2 is 1.92 bits per heavy atom. The summed E-state index contributed by atoms with van der Waals surface area (Å²) < 4.78 is 17.8. The second-order valence-corrected chi connectivity index (χ2v) is 7.59. The van der Waals surface area contributed by atoms with Gasteiger partial charge >= 0.3 is 0 Å². The topological polar surface area (TPSA) is 72.5 Å². The molecule has 1 atom stereocenters. The van der Waals surface area contributed by atoms with Crippen LogP contribution in [0.2, 0.25) is 0 Å². The Labute approximate surface area is 153 Å². The number of imide groups is 1. The largest absolute Gasteiger partial charge is 0.485 e. The molecule has 1 aliphatic rings. The molecule has 0 aliphatic carbocycles. The summed E-state index contributed by atoms with van der Waals surface area (Å²) in [5.74, 6) is -0.601. The molecule has 0 bridgehead atoms. The molecule has 0 aromatic heterocycles. The molecule has 7 heteroatoms. The lowest BCUT2D eigenvalue weighted by molar-refractivity contribution is -0.121. The molecule has 26 heavy (non-hydrogen) atoms. The maximum atomic E-state index is 13.1. The van der Waals surface area contributed by atoms with Crippen molar-refractivity contribution in [2.75, 3.05) is 6.61 Å². The van der Waals surface area contributed by atoms with Crippen LogP contribution >= 0.6 is 11.8 Å². The molecule has 1 heterocycles. The second kappa shape index (κ2) is 7.29. The lowest BCUT2D eigenvalue weighted by Crippen LogP contribution is -2.35. The second-order valence-electron chi connectivity index (χ2n) is 6.12. The Kier molecular flexibility index (Phi) is 5.08. The number of ether oxygens (including phenoxy) is 1. The van der Waals surface area contributed by atoms with Gasteiger partial charge in [-0.1, -0.05) is 24.3 Å². The van der Waals surface area contributed by atoms with E-state index >= 15 is 0 Å². The van der Waals surface area contributed by atoms with Gasteiger partial charge in [-0.25, -0.2) is 4.39 Å². The van der Waals surface area contributed by atoms with Gasteiger partial charge in [0, 0.05) is 5.56 Å². The molecule has 3 rings (SSSR count). The first kappa shape index (κ1) is 18.1. The summed E-state index contributed by atoms with van der Waals surface area (Å²) in [4.78, 5) is 35.2. The van der Waals surface area contributed by atoms with Crippen molar-refractivity contribution in [2.24, 2.45) is 0 Å². The van der Waals surface area contributed by atoms with Crippen LogP contribution in [0, 0.1) is 5.82 Å². The van der Waals surface area contributed by atoms with Crippen molar-refractivity contribution in [3.8, 4) is 5.75 Å². The average Bonchev–Trinajstić information content (AvgIpc) is 2.85. The van der Waals surface area contributed by atoms with Crippen molar-refractivity contribution >= 4 is 28.7 Å². The van der Waals surface area contributed by atoms with Gasteiger partial charge in [0.2, 0.25) is 5.91 Å². The van der Waals surface area contributed by atoms with E-state index in [1.54, 1.807) is 31.2 Å². The van der Waals surface area contributed by atoms with Gasteiger partial charge in [0.15, 0.2) is 12.4 Å². The van der Waals surface area contributed by atoms with Crippen LogP contribution in [-0.4, -0.2) is 28.3 Å². The van der Waals surface area contributed by atoms with E-state index < -0.39 is 10.6 Å². The number of amides is 2. The number of benzene rings is 2. The Hall–Kier alpha value is -2.67. The van der Waals surface area contributed by atoms with Gasteiger partial charge in [-0.3, -0.25) is 19.7 Å². The molecule has 0 radical (unpaired) electrons. The zero-order chi connectivity index (χ0) is 18.7. The summed E-state index contributed by atoms with van der Waals surface area (Å²) in [5.41, 5.74) is 1.12. The third-order valence-electron chi connectivity index (χ3n) is 4.00. The molecule has 1 aliphatic heterocycles. The molecular formula is C19H16FNO4S. The van der Waals surface area contributed by atoms with Crippen molar-refractivity contribution < 1.29 is 23.5 Å². The van der Waals surface area contributed by atoms with Crippen LogP contribution in [0.1, 0.15) is 22.8 Å². The predicted octanol–water partition coefficient (Wildman–Crippen LogP) is 3.37. The Morgan fingerprint density at radius 3 is 2.54 bits per heavy atom. The van der Waals surface area contributed by atoms with Crippen LogP contribution in [-0.2, 0) is 11.2 Å². The number of carbonyl (C=O) groups is 3. The lowest BCUT2D eigenvalue weighted by Gasteiger charge is -2.18. The number of halogens is 1. The van der Waals surface area contributed by atoms with Crippen LogP contribution in [0.25, 0.3) is 0 Å². The molecule has 134 valence electrons. The summed E-state index contributed by atoms with van der Waals surface area (Å²) in [6, 6.07) is 12.4. The fourth-order valence-corrected chi connectivity index (χ4v) is 3.54. The summed E-state index contributed by atoms with van der Waals surface area (Å²) in [5, 5.41) is 1.95.